The lowest BCUT2D eigenvalue weighted by Crippen LogP contribution is -2.15. The second kappa shape index (κ2) is 5.76. The maximum absolute atomic E-state index is 6.31. The molecule has 0 aliphatic carbocycles. The van der Waals surface area contributed by atoms with Crippen molar-refractivity contribution in [1.29, 1.82) is 0 Å². The highest BCUT2D eigenvalue weighted by molar-refractivity contribution is 9.10. The molecular formula is C16H15BrClNO. The minimum Gasteiger partial charge on any atom is -0.497 e. The highest BCUT2D eigenvalue weighted by Crippen LogP contribution is 2.33. The van der Waals surface area contributed by atoms with Gasteiger partial charge in [0.15, 0.2) is 0 Å². The average Bonchev–Trinajstić information content (AvgIpc) is 2.82. The maximum Gasteiger partial charge on any atom is 0.118 e. The number of methoxy groups -OCH3 is 1. The third-order valence-corrected chi connectivity index (χ3v) is 4.39. The van der Waals surface area contributed by atoms with E-state index in [1.807, 2.05) is 18.2 Å². The SMILES string of the molecule is COc1ccc(CN2Cc3cc(Br)cc(Cl)c3C2)cc1. The quantitative estimate of drug-likeness (QED) is 0.799. The van der Waals surface area contributed by atoms with Crippen LogP contribution in [-0.2, 0) is 19.6 Å². The van der Waals surface area contributed by atoms with Crippen molar-refractivity contribution in [3.8, 4) is 5.75 Å². The molecule has 2 aromatic rings. The van der Waals surface area contributed by atoms with E-state index in [-0.39, 0.29) is 0 Å². The summed E-state index contributed by atoms with van der Waals surface area (Å²) < 4.78 is 6.23. The van der Waals surface area contributed by atoms with Crippen LogP contribution in [0.5, 0.6) is 5.75 Å². The third kappa shape index (κ3) is 2.85. The van der Waals surface area contributed by atoms with Gasteiger partial charge in [0.2, 0.25) is 0 Å². The fourth-order valence-corrected chi connectivity index (χ4v) is 3.53. The van der Waals surface area contributed by atoms with E-state index in [1.165, 1.54) is 16.7 Å². The second-order valence-electron chi connectivity index (χ2n) is 5.02. The van der Waals surface area contributed by atoms with Crippen LogP contribution in [-0.4, -0.2) is 12.0 Å². The molecule has 20 heavy (non-hydrogen) atoms. The molecule has 2 aromatic carbocycles. The van der Waals surface area contributed by atoms with Gasteiger partial charge in [-0.1, -0.05) is 39.7 Å². The van der Waals surface area contributed by atoms with E-state index >= 15 is 0 Å². The molecule has 0 unspecified atom stereocenters. The summed E-state index contributed by atoms with van der Waals surface area (Å²) in [5, 5.41) is 0.853. The summed E-state index contributed by atoms with van der Waals surface area (Å²) in [5.74, 6) is 0.894. The molecule has 0 spiro atoms. The third-order valence-electron chi connectivity index (χ3n) is 3.59. The fourth-order valence-electron chi connectivity index (χ4n) is 2.60. The van der Waals surface area contributed by atoms with Crippen LogP contribution in [0.2, 0.25) is 5.02 Å². The van der Waals surface area contributed by atoms with Gasteiger partial charge < -0.3 is 4.74 Å². The topological polar surface area (TPSA) is 12.5 Å². The summed E-state index contributed by atoms with van der Waals surface area (Å²) in [7, 11) is 1.69. The Bertz CT molecular complexity index is 627. The first-order valence-corrected chi connectivity index (χ1v) is 7.65. The number of ether oxygens (including phenoxy) is 1. The van der Waals surface area contributed by atoms with Crippen molar-refractivity contribution in [2.24, 2.45) is 0 Å². The number of rotatable bonds is 3. The lowest BCUT2D eigenvalue weighted by atomic mass is 10.1. The van der Waals surface area contributed by atoms with Crippen molar-refractivity contribution in [3.63, 3.8) is 0 Å². The van der Waals surface area contributed by atoms with E-state index in [9.17, 15) is 0 Å². The molecule has 1 heterocycles. The van der Waals surface area contributed by atoms with Crippen molar-refractivity contribution in [1.82, 2.24) is 4.90 Å². The summed E-state index contributed by atoms with van der Waals surface area (Å²) in [6.07, 6.45) is 0. The summed E-state index contributed by atoms with van der Waals surface area (Å²) >= 11 is 9.81. The first-order valence-electron chi connectivity index (χ1n) is 6.48. The predicted molar refractivity (Wildman–Crippen MR) is 85.1 cm³/mol. The molecule has 2 nitrogen and oxygen atoms in total. The van der Waals surface area contributed by atoms with Crippen LogP contribution < -0.4 is 4.74 Å². The second-order valence-corrected chi connectivity index (χ2v) is 6.34. The minimum atomic E-state index is 0.853. The zero-order chi connectivity index (χ0) is 14.1. The monoisotopic (exact) mass is 351 g/mol. The molecule has 0 saturated heterocycles. The van der Waals surface area contributed by atoms with Gasteiger partial charge in [-0.05, 0) is 41.0 Å². The van der Waals surface area contributed by atoms with Crippen molar-refractivity contribution in [3.05, 3.63) is 62.6 Å². The van der Waals surface area contributed by atoms with Crippen LogP contribution in [0.25, 0.3) is 0 Å². The first kappa shape index (κ1) is 13.9. The van der Waals surface area contributed by atoms with E-state index < -0.39 is 0 Å². The highest BCUT2D eigenvalue weighted by Gasteiger charge is 2.21. The van der Waals surface area contributed by atoms with Crippen molar-refractivity contribution >= 4 is 27.5 Å². The van der Waals surface area contributed by atoms with Crippen LogP contribution in [0.4, 0.5) is 0 Å². The molecule has 1 aliphatic heterocycles. The Labute approximate surface area is 132 Å². The lowest BCUT2D eigenvalue weighted by molar-refractivity contribution is 0.275. The standard InChI is InChI=1S/C16H15BrClNO/c1-20-14-4-2-11(3-5-14)8-19-9-12-6-13(17)7-16(18)15(12)10-19/h2-7H,8-10H2,1H3. The summed E-state index contributed by atoms with van der Waals surface area (Å²) in [6.45, 7) is 2.78. The Hall–Kier alpha value is -1.03. The molecule has 0 bridgehead atoms. The van der Waals surface area contributed by atoms with Crippen molar-refractivity contribution < 1.29 is 4.74 Å². The summed E-state index contributed by atoms with van der Waals surface area (Å²) in [5.41, 5.74) is 3.86. The molecule has 0 fully saturated rings. The summed E-state index contributed by atoms with van der Waals surface area (Å²) in [6, 6.07) is 12.4. The van der Waals surface area contributed by atoms with Gasteiger partial charge in [0, 0.05) is 29.1 Å². The normalized spacial score (nSPS) is 14.3. The largest absolute Gasteiger partial charge is 0.497 e. The van der Waals surface area contributed by atoms with Gasteiger partial charge >= 0.3 is 0 Å². The average molecular weight is 353 g/mol. The zero-order valence-electron chi connectivity index (χ0n) is 11.2. The fraction of sp³-hybridized carbons (Fsp3) is 0.250. The van der Waals surface area contributed by atoms with Gasteiger partial charge in [-0.3, -0.25) is 4.90 Å². The zero-order valence-corrected chi connectivity index (χ0v) is 13.5. The van der Waals surface area contributed by atoms with E-state index in [4.69, 9.17) is 16.3 Å². The van der Waals surface area contributed by atoms with Crippen LogP contribution in [0.15, 0.2) is 40.9 Å². The molecule has 0 aromatic heterocycles. The van der Waals surface area contributed by atoms with E-state index in [1.54, 1.807) is 7.11 Å². The van der Waals surface area contributed by atoms with Gasteiger partial charge in [0.25, 0.3) is 0 Å². The van der Waals surface area contributed by atoms with Crippen LogP contribution in [0, 0.1) is 0 Å². The van der Waals surface area contributed by atoms with Crippen LogP contribution >= 0.6 is 27.5 Å². The van der Waals surface area contributed by atoms with Gasteiger partial charge in [-0.15, -0.1) is 0 Å². The summed E-state index contributed by atoms with van der Waals surface area (Å²) in [4.78, 5) is 2.39. The molecule has 4 heteroatoms. The van der Waals surface area contributed by atoms with E-state index in [2.05, 4.69) is 39.0 Å². The molecule has 104 valence electrons. The maximum atomic E-state index is 6.31. The van der Waals surface area contributed by atoms with E-state index in [0.29, 0.717) is 0 Å². The number of hydrogen-bond acceptors (Lipinski definition) is 2. The Morgan fingerprint density at radius 3 is 2.65 bits per heavy atom. The van der Waals surface area contributed by atoms with Gasteiger partial charge in [-0.2, -0.15) is 0 Å². The molecule has 0 saturated carbocycles. The van der Waals surface area contributed by atoms with Gasteiger partial charge in [0.1, 0.15) is 5.75 Å². The lowest BCUT2D eigenvalue weighted by Gasteiger charge is -2.15. The Morgan fingerprint density at radius 1 is 1.20 bits per heavy atom. The van der Waals surface area contributed by atoms with E-state index in [0.717, 1.165) is 34.9 Å². The minimum absolute atomic E-state index is 0.853. The number of nitrogens with zero attached hydrogens (tertiary/aromatic N) is 1. The van der Waals surface area contributed by atoms with Crippen LogP contribution in [0.1, 0.15) is 16.7 Å². The predicted octanol–water partition coefficient (Wildman–Crippen LogP) is 4.63. The van der Waals surface area contributed by atoms with Gasteiger partial charge in [0.05, 0.1) is 7.11 Å². The number of hydrogen-bond donors (Lipinski definition) is 0. The van der Waals surface area contributed by atoms with Crippen molar-refractivity contribution in [2.45, 2.75) is 19.6 Å². The molecule has 0 amide bonds. The number of benzene rings is 2. The smallest absolute Gasteiger partial charge is 0.118 e. The Morgan fingerprint density at radius 2 is 1.95 bits per heavy atom. The molecular weight excluding hydrogens is 338 g/mol. The molecule has 1 aliphatic rings. The Balaban J connectivity index is 1.73. The van der Waals surface area contributed by atoms with Crippen LogP contribution in [0.3, 0.4) is 0 Å². The van der Waals surface area contributed by atoms with Crippen molar-refractivity contribution in [2.75, 3.05) is 7.11 Å². The molecule has 0 radical (unpaired) electrons. The Kier molecular flexibility index (Phi) is 4.01. The molecule has 0 N–H and O–H groups in total. The first-order chi connectivity index (χ1) is 9.65. The number of halogens is 2. The highest BCUT2D eigenvalue weighted by atomic mass is 79.9. The molecule has 3 rings (SSSR count). The van der Waals surface area contributed by atoms with Gasteiger partial charge in [-0.25, -0.2) is 0 Å². The molecule has 0 atom stereocenters. The number of fused-ring (bicyclic) bond motifs is 1.